The van der Waals surface area contributed by atoms with Gasteiger partial charge in [-0.2, -0.15) is 5.10 Å². The number of aromatic nitrogens is 2. The second-order valence-corrected chi connectivity index (χ2v) is 6.29. The number of imide groups is 1. The van der Waals surface area contributed by atoms with Crippen molar-refractivity contribution in [1.82, 2.24) is 20.0 Å². The van der Waals surface area contributed by atoms with Crippen LogP contribution in [0.3, 0.4) is 0 Å². The van der Waals surface area contributed by atoms with Crippen molar-refractivity contribution in [3.8, 4) is 5.69 Å². The molecule has 0 unspecified atom stereocenters. The van der Waals surface area contributed by atoms with Gasteiger partial charge >= 0.3 is 6.03 Å². The summed E-state index contributed by atoms with van der Waals surface area (Å²) in [6.45, 7) is 0.208. The zero-order valence-electron chi connectivity index (χ0n) is 14.8. The van der Waals surface area contributed by atoms with Gasteiger partial charge in [0.1, 0.15) is 0 Å². The van der Waals surface area contributed by atoms with Crippen molar-refractivity contribution < 1.29 is 14.4 Å². The number of rotatable bonds is 5. The molecule has 2 N–H and O–H groups in total. The average molecular weight is 375 g/mol. The van der Waals surface area contributed by atoms with Gasteiger partial charge in [-0.1, -0.05) is 12.1 Å². The number of carbonyl (C=O) groups excluding carboxylic acids is 3. The van der Waals surface area contributed by atoms with Crippen LogP contribution in [0.4, 0.5) is 10.5 Å². The summed E-state index contributed by atoms with van der Waals surface area (Å²) in [5.74, 6) is -0.501. The normalized spacial score (nSPS) is 13.5. The van der Waals surface area contributed by atoms with E-state index in [0.717, 1.165) is 16.2 Å². The molecule has 2 aromatic carbocycles. The third kappa shape index (κ3) is 3.61. The number of nitrogens with one attached hydrogen (secondary N) is 2. The summed E-state index contributed by atoms with van der Waals surface area (Å²) in [6.07, 6.45) is 3.54. The summed E-state index contributed by atoms with van der Waals surface area (Å²) in [5, 5.41) is 9.48. The number of hydrogen-bond donors (Lipinski definition) is 2. The van der Waals surface area contributed by atoms with Crippen LogP contribution in [0.5, 0.6) is 0 Å². The molecule has 3 aromatic rings. The van der Waals surface area contributed by atoms with E-state index in [1.807, 2.05) is 24.4 Å². The Labute approximate surface area is 160 Å². The number of benzene rings is 2. The lowest BCUT2D eigenvalue weighted by atomic mass is 10.1. The predicted octanol–water partition coefficient (Wildman–Crippen LogP) is 2.18. The molecule has 0 spiro atoms. The lowest BCUT2D eigenvalue weighted by molar-refractivity contribution is -0.125. The lowest BCUT2D eigenvalue weighted by Crippen LogP contribution is -2.30. The molecule has 8 nitrogen and oxygen atoms in total. The van der Waals surface area contributed by atoms with Crippen molar-refractivity contribution in [3.05, 3.63) is 78.1 Å². The first-order valence-corrected chi connectivity index (χ1v) is 8.69. The maximum atomic E-state index is 12.4. The van der Waals surface area contributed by atoms with Crippen LogP contribution in [0.1, 0.15) is 15.9 Å². The molecule has 0 bridgehead atoms. The molecule has 1 aromatic heterocycles. The molecule has 1 aliphatic rings. The van der Waals surface area contributed by atoms with Gasteiger partial charge in [-0.15, -0.1) is 0 Å². The molecule has 1 saturated heterocycles. The molecule has 4 rings (SSSR count). The van der Waals surface area contributed by atoms with Crippen molar-refractivity contribution in [2.24, 2.45) is 0 Å². The summed E-state index contributed by atoms with van der Waals surface area (Å²) in [7, 11) is 0. The number of amides is 4. The fourth-order valence-corrected chi connectivity index (χ4v) is 2.88. The predicted molar refractivity (Wildman–Crippen MR) is 102 cm³/mol. The Kier molecular flexibility index (Phi) is 4.59. The third-order valence-corrected chi connectivity index (χ3v) is 4.39. The SMILES string of the molecule is O=C(Nc1ccc(-n2cccn2)cc1)c1ccc(CN2C(=O)CNC2=O)cc1. The molecule has 140 valence electrons. The lowest BCUT2D eigenvalue weighted by Gasteiger charge is -2.12. The zero-order chi connectivity index (χ0) is 19.5. The maximum absolute atomic E-state index is 12.4. The first-order valence-electron chi connectivity index (χ1n) is 8.69. The number of anilines is 1. The Morgan fingerprint density at radius 3 is 2.43 bits per heavy atom. The monoisotopic (exact) mass is 375 g/mol. The van der Waals surface area contributed by atoms with Gasteiger partial charge in [-0.05, 0) is 48.0 Å². The van der Waals surface area contributed by atoms with Crippen LogP contribution < -0.4 is 10.6 Å². The Balaban J connectivity index is 1.39. The van der Waals surface area contributed by atoms with E-state index >= 15 is 0 Å². The smallest absolute Gasteiger partial charge is 0.324 e. The van der Waals surface area contributed by atoms with Crippen molar-refractivity contribution in [2.45, 2.75) is 6.54 Å². The quantitative estimate of drug-likeness (QED) is 0.668. The molecule has 1 fully saturated rings. The van der Waals surface area contributed by atoms with Crippen LogP contribution in [0.15, 0.2) is 67.0 Å². The molecular formula is C20H17N5O3. The first-order chi connectivity index (χ1) is 13.6. The standard InChI is InChI=1S/C20H17N5O3/c26-18-12-21-20(28)24(18)13-14-2-4-15(5-3-14)19(27)23-16-6-8-17(9-7-16)25-11-1-10-22-25/h1-11H,12-13H2,(H,21,28)(H,23,27). The van der Waals surface area contributed by atoms with Gasteiger partial charge < -0.3 is 10.6 Å². The van der Waals surface area contributed by atoms with Gasteiger partial charge in [0, 0.05) is 23.6 Å². The maximum Gasteiger partial charge on any atom is 0.324 e. The summed E-state index contributed by atoms with van der Waals surface area (Å²) in [5.41, 5.74) is 2.82. The van der Waals surface area contributed by atoms with E-state index in [0.29, 0.717) is 11.3 Å². The minimum absolute atomic E-state index is 0.0263. The Hall–Kier alpha value is -3.94. The molecule has 0 aliphatic carbocycles. The van der Waals surface area contributed by atoms with Crippen LogP contribution in [0, 0.1) is 0 Å². The fraction of sp³-hybridized carbons (Fsp3) is 0.100. The number of urea groups is 1. The van der Waals surface area contributed by atoms with Crippen molar-refractivity contribution >= 4 is 23.5 Å². The van der Waals surface area contributed by atoms with Crippen LogP contribution in [-0.2, 0) is 11.3 Å². The topological polar surface area (TPSA) is 96.3 Å². The second kappa shape index (κ2) is 7.36. The Morgan fingerprint density at radius 2 is 1.82 bits per heavy atom. The molecule has 2 heterocycles. The first kappa shape index (κ1) is 17.5. The van der Waals surface area contributed by atoms with E-state index in [-0.39, 0.29) is 24.9 Å². The molecule has 4 amide bonds. The molecule has 1 aliphatic heterocycles. The van der Waals surface area contributed by atoms with Gasteiger partial charge in [0.05, 0.1) is 18.8 Å². The number of carbonyl (C=O) groups is 3. The molecule has 0 atom stereocenters. The van der Waals surface area contributed by atoms with Gasteiger partial charge in [0.2, 0.25) is 5.91 Å². The molecule has 0 saturated carbocycles. The summed E-state index contributed by atoms with van der Waals surface area (Å²) in [6, 6.07) is 15.6. The summed E-state index contributed by atoms with van der Waals surface area (Å²) < 4.78 is 1.73. The largest absolute Gasteiger partial charge is 0.329 e. The van der Waals surface area contributed by atoms with Gasteiger partial charge in [0.25, 0.3) is 5.91 Å². The third-order valence-electron chi connectivity index (χ3n) is 4.39. The van der Waals surface area contributed by atoms with E-state index in [1.54, 1.807) is 47.3 Å². The van der Waals surface area contributed by atoms with Crippen LogP contribution in [0.25, 0.3) is 5.69 Å². The molecular weight excluding hydrogens is 358 g/mol. The molecule has 28 heavy (non-hydrogen) atoms. The van der Waals surface area contributed by atoms with E-state index in [9.17, 15) is 14.4 Å². The van der Waals surface area contributed by atoms with Crippen LogP contribution in [0.2, 0.25) is 0 Å². The van der Waals surface area contributed by atoms with Crippen molar-refractivity contribution in [3.63, 3.8) is 0 Å². The van der Waals surface area contributed by atoms with E-state index in [2.05, 4.69) is 15.7 Å². The number of hydrogen-bond acceptors (Lipinski definition) is 4. The molecule has 8 heteroatoms. The van der Waals surface area contributed by atoms with E-state index in [1.165, 1.54) is 0 Å². The van der Waals surface area contributed by atoms with Crippen molar-refractivity contribution in [2.75, 3.05) is 11.9 Å². The van der Waals surface area contributed by atoms with E-state index < -0.39 is 6.03 Å². The number of nitrogens with zero attached hydrogens (tertiary/aromatic N) is 3. The highest BCUT2D eigenvalue weighted by atomic mass is 16.2. The second-order valence-electron chi connectivity index (χ2n) is 6.29. The van der Waals surface area contributed by atoms with Gasteiger partial charge in [0.15, 0.2) is 0 Å². The average Bonchev–Trinajstić information content (AvgIpc) is 3.35. The van der Waals surface area contributed by atoms with Crippen LogP contribution in [-0.4, -0.2) is 39.1 Å². The summed E-state index contributed by atoms with van der Waals surface area (Å²) in [4.78, 5) is 36.8. The van der Waals surface area contributed by atoms with Crippen LogP contribution >= 0.6 is 0 Å². The Bertz CT molecular complexity index is 995. The van der Waals surface area contributed by atoms with Gasteiger partial charge in [-0.25, -0.2) is 9.48 Å². The highest BCUT2D eigenvalue weighted by molar-refractivity contribution is 6.04. The minimum Gasteiger partial charge on any atom is -0.329 e. The van der Waals surface area contributed by atoms with Crippen molar-refractivity contribution in [1.29, 1.82) is 0 Å². The highest BCUT2D eigenvalue weighted by Gasteiger charge is 2.28. The summed E-state index contributed by atoms with van der Waals surface area (Å²) >= 11 is 0. The highest BCUT2D eigenvalue weighted by Crippen LogP contribution is 2.15. The fourth-order valence-electron chi connectivity index (χ4n) is 2.88. The van der Waals surface area contributed by atoms with E-state index in [4.69, 9.17) is 0 Å². The minimum atomic E-state index is -0.398. The Morgan fingerprint density at radius 1 is 1.07 bits per heavy atom. The zero-order valence-corrected chi connectivity index (χ0v) is 14.8. The van der Waals surface area contributed by atoms with Gasteiger partial charge in [-0.3, -0.25) is 14.5 Å². The molecule has 0 radical (unpaired) electrons.